The Hall–Kier alpha value is -0.320. The van der Waals surface area contributed by atoms with E-state index in [4.69, 9.17) is 4.74 Å². The molecule has 4 nitrogen and oxygen atoms in total. The van der Waals surface area contributed by atoms with Crippen LogP contribution in [0, 0.1) is 0 Å². The number of hydrogen-bond donors (Lipinski definition) is 1. The molecule has 1 heterocycles. The molecule has 5 heteroatoms. The van der Waals surface area contributed by atoms with Crippen molar-refractivity contribution in [3.05, 3.63) is 0 Å². The number of hydrogen-bond acceptors (Lipinski definition) is 3. The topological polar surface area (TPSA) is 41.6 Å². The predicted octanol–water partition coefficient (Wildman–Crippen LogP) is 1.05. The maximum atomic E-state index is 11.8. The second kappa shape index (κ2) is 8.79. The Bertz CT molecular complexity index is 202. The number of halogens is 1. The third kappa shape index (κ3) is 5.68. The number of carbonyl (C=O) groups excluding carboxylic acids is 1. The van der Waals surface area contributed by atoms with Crippen LogP contribution in [-0.2, 0) is 9.53 Å². The van der Waals surface area contributed by atoms with Gasteiger partial charge < -0.3 is 15.0 Å². The molecule has 0 aliphatic carbocycles. The van der Waals surface area contributed by atoms with Crippen LogP contribution in [-0.4, -0.2) is 50.2 Å². The minimum atomic E-state index is 0. The molecule has 1 aliphatic heterocycles. The van der Waals surface area contributed by atoms with Crippen molar-refractivity contribution in [1.82, 2.24) is 10.2 Å². The van der Waals surface area contributed by atoms with Crippen molar-refractivity contribution in [2.24, 2.45) is 0 Å². The van der Waals surface area contributed by atoms with Crippen LogP contribution < -0.4 is 5.32 Å². The van der Waals surface area contributed by atoms with Gasteiger partial charge in [-0.25, -0.2) is 0 Å². The Kier molecular flexibility index (Phi) is 8.61. The van der Waals surface area contributed by atoms with Gasteiger partial charge in [0, 0.05) is 26.1 Å². The molecule has 1 unspecified atom stereocenters. The van der Waals surface area contributed by atoms with E-state index in [-0.39, 0.29) is 24.4 Å². The Morgan fingerprint density at radius 2 is 2.31 bits per heavy atom. The van der Waals surface area contributed by atoms with Crippen molar-refractivity contribution < 1.29 is 9.53 Å². The summed E-state index contributed by atoms with van der Waals surface area (Å²) in [6, 6.07) is 0. The summed E-state index contributed by atoms with van der Waals surface area (Å²) >= 11 is 0. The first-order valence-electron chi connectivity index (χ1n) is 5.78. The molecule has 1 aliphatic rings. The Labute approximate surface area is 104 Å². The molecule has 0 aromatic carbocycles. The minimum Gasteiger partial charge on any atom is -0.377 e. The molecule has 1 saturated heterocycles. The largest absolute Gasteiger partial charge is 0.377 e. The van der Waals surface area contributed by atoms with Gasteiger partial charge in [0.1, 0.15) is 0 Å². The quantitative estimate of drug-likeness (QED) is 0.759. The summed E-state index contributed by atoms with van der Waals surface area (Å²) in [5.74, 6) is 0.266. The van der Waals surface area contributed by atoms with E-state index >= 15 is 0 Å². The average Bonchev–Trinajstić information content (AvgIpc) is 2.43. The van der Waals surface area contributed by atoms with E-state index in [1.807, 2.05) is 18.9 Å². The van der Waals surface area contributed by atoms with Gasteiger partial charge in [-0.1, -0.05) is 0 Å². The molecule has 0 saturated carbocycles. The highest BCUT2D eigenvalue weighted by atomic mass is 35.5. The van der Waals surface area contributed by atoms with E-state index in [1.54, 1.807) is 0 Å². The second-order valence-corrected chi connectivity index (χ2v) is 4.08. The van der Waals surface area contributed by atoms with Crippen molar-refractivity contribution >= 4 is 18.3 Å². The van der Waals surface area contributed by atoms with Crippen LogP contribution in [0.15, 0.2) is 0 Å². The van der Waals surface area contributed by atoms with E-state index in [0.717, 1.165) is 39.1 Å². The van der Waals surface area contributed by atoms with Crippen LogP contribution in [0.4, 0.5) is 0 Å². The first-order chi connectivity index (χ1) is 7.24. The molecule has 0 spiro atoms. The lowest BCUT2D eigenvalue weighted by Crippen LogP contribution is -2.36. The molecule has 1 fully saturated rings. The monoisotopic (exact) mass is 250 g/mol. The smallest absolute Gasteiger partial charge is 0.222 e. The summed E-state index contributed by atoms with van der Waals surface area (Å²) in [4.78, 5) is 13.8. The predicted molar refractivity (Wildman–Crippen MR) is 67.0 cm³/mol. The van der Waals surface area contributed by atoms with E-state index in [0.29, 0.717) is 6.42 Å². The van der Waals surface area contributed by atoms with Crippen LogP contribution in [0.25, 0.3) is 0 Å². The lowest BCUT2D eigenvalue weighted by molar-refractivity contribution is -0.131. The number of amides is 1. The fraction of sp³-hybridized carbons (Fsp3) is 0.909. The third-order valence-corrected chi connectivity index (χ3v) is 2.62. The lowest BCUT2D eigenvalue weighted by atomic mass is 10.2. The van der Waals surface area contributed by atoms with Crippen LogP contribution in [0.1, 0.15) is 26.2 Å². The lowest BCUT2D eigenvalue weighted by Gasteiger charge is -2.22. The number of carbonyl (C=O) groups is 1. The van der Waals surface area contributed by atoms with Gasteiger partial charge in [-0.15, -0.1) is 12.4 Å². The molecule has 0 aromatic rings. The molecule has 1 N–H and O–H groups in total. The zero-order valence-corrected chi connectivity index (χ0v) is 11.0. The van der Waals surface area contributed by atoms with Gasteiger partial charge in [-0.05, 0) is 33.4 Å². The first-order valence-corrected chi connectivity index (χ1v) is 5.78. The molecular formula is C11H23ClN2O2. The molecule has 1 rings (SSSR count). The summed E-state index contributed by atoms with van der Waals surface area (Å²) in [6.07, 6.45) is 2.71. The number of nitrogens with one attached hydrogen (secondary N) is 1. The molecule has 0 aromatic heterocycles. The van der Waals surface area contributed by atoms with E-state index < -0.39 is 0 Å². The summed E-state index contributed by atoms with van der Waals surface area (Å²) < 4.78 is 5.50. The summed E-state index contributed by atoms with van der Waals surface area (Å²) in [6.45, 7) is 5.31. The van der Waals surface area contributed by atoms with E-state index in [2.05, 4.69) is 5.32 Å². The highest BCUT2D eigenvalue weighted by Gasteiger charge is 2.18. The zero-order chi connectivity index (χ0) is 11.1. The van der Waals surface area contributed by atoms with Crippen molar-refractivity contribution in [1.29, 1.82) is 0 Å². The molecule has 1 atom stereocenters. The highest BCUT2D eigenvalue weighted by Crippen LogP contribution is 2.07. The fourth-order valence-corrected chi connectivity index (χ4v) is 1.80. The molecule has 0 radical (unpaired) electrons. The number of rotatable bonds is 4. The van der Waals surface area contributed by atoms with Crippen molar-refractivity contribution in [3.8, 4) is 0 Å². The van der Waals surface area contributed by atoms with Crippen LogP contribution in [0.5, 0.6) is 0 Å². The molecule has 0 bridgehead atoms. The number of ether oxygens (including phenoxy) is 1. The molecule has 96 valence electrons. The van der Waals surface area contributed by atoms with Gasteiger partial charge >= 0.3 is 0 Å². The SMILES string of the molecule is CNCCCC(=O)N1CCCOC(C)C1.Cl. The van der Waals surface area contributed by atoms with Crippen molar-refractivity contribution in [3.63, 3.8) is 0 Å². The van der Waals surface area contributed by atoms with E-state index in [1.165, 1.54) is 0 Å². The Balaban J connectivity index is 0.00000225. The van der Waals surface area contributed by atoms with Gasteiger partial charge in [-0.2, -0.15) is 0 Å². The fourth-order valence-electron chi connectivity index (χ4n) is 1.80. The standard InChI is InChI=1S/C11H22N2O2.ClH/c1-10-9-13(7-4-8-15-10)11(14)5-3-6-12-2;/h10,12H,3-9H2,1-2H3;1H. The molecular weight excluding hydrogens is 228 g/mol. The minimum absolute atomic E-state index is 0. The average molecular weight is 251 g/mol. The van der Waals surface area contributed by atoms with E-state index in [9.17, 15) is 4.79 Å². The van der Waals surface area contributed by atoms with Gasteiger partial charge in [0.05, 0.1) is 6.10 Å². The Morgan fingerprint density at radius 3 is 3.00 bits per heavy atom. The summed E-state index contributed by atoms with van der Waals surface area (Å²) in [5.41, 5.74) is 0. The number of nitrogens with zero attached hydrogens (tertiary/aromatic N) is 1. The van der Waals surface area contributed by atoms with Crippen molar-refractivity contribution in [2.45, 2.75) is 32.3 Å². The third-order valence-electron chi connectivity index (χ3n) is 2.62. The summed E-state index contributed by atoms with van der Waals surface area (Å²) in [7, 11) is 1.91. The Morgan fingerprint density at radius 1 is 1.56 bits per heavy atom. The zero-order valence-electron chi connectivity index (χ0n) is 10.2. The van der Waals surface area contributed by atoms with Crippen molar-refractivity contribution in [2.75, 3.05) is 33.3 Å². The molecule has 16 heavy (non-hydrogen) atoms. The molecule has 1 amide bonds. The van der Waals surface area contributed by atoms with Crippen LogP contribution in [0.3, 0.4) is 0 Å². The normalized spacial score (nSPS) is 21.1. The van der Waals surface area contributed by atoms with Gasteiger partial charge in [-0.3, -0.25) is 4.79 Å². The van der Waals surface area contributed by atoms with Gasteiger partial charge in [0.2, 0.25) is 5.91 Å². The van der Waals surface area contributed by atoms with Gasteiger partial charge in [0.25, 0.3) is 0 Å². The maximum Gasteiger partial charge on any atom is 0.222 e. The second-order valence-electron chi connectivity index (χ2n) is 4.08. The van der Waals surface area contributed by atoms with Gasteiger partial charge in [0.15, 0.2) is 0 Å². The maximum absolute atomic E-state index is 11.8. The highest BCUT2D eigenvalue weighted by molar-refractivity contribution is 5.85. The van der Waals surface area contributed by atoms with Crippen LogP contribution >= 0.6 is 12.4 Å². The summed E-state index contributed by atoms with van der Waals surface area (Å²) in [5, 5.41) is 3.05. The first kappa shape index (κ1) is 15.7. The van der Waals surface area contributed by atoms with Crippen LogP contribution in [0.2, 0.25) is 0 Å².